The second-order valence-electron chi connectivity index (χ2n) is 7.37. The minimum atomic E-state index is -0.498. The number of amides is 4. The Balaban J connectivity index is 1.58. The van der Waals surface area contributed by atoms with Gasteiger partial charge in [-0.15, -0.1) is 0 Å². The van der Waals surface area contributed by atoms with E-state index < -0.39 is 5.92 Å². The van der Waals surface area contributed by atoms with Crippen molar-refractivity contribution in [3.8, 4) is 17.2 Å². The summed E-state index contributed by atoms with van der Waals surface area (Å²) < 4.78 is 16.0. The molecule has 10 heteroatoms. The Morgan fingerprint density at radius 2 is 1.61 bits per heavy atom. The highest BCUT2D eigenvalue weighted by Gasteiger charge is 2.36. The predicted molar refractivity (Wildman–Crippen MR) is 110 cm³/mol. The number of ether oxygens (including phenoxy) is 3. The van der Waals surface area contributed by atoms with E-state index in [1.807, 2.05) is 0 Å². The first-order valence-electron chi connectivity index (χ1n) is 10.1. The highest BCUT2D eigenvalue weighted by atomic mass is 16.5. The first-order valence-corrected chi connectivity index (χ1v) is 10.1. The fourth-order valence-electron chi connectivity index (χ4n) is 3.82. The molecule has 0 bridgehead atoms. The largest absolute Gasteiger partial charge is 0.493 e. The molecule has 2 aliphatic rings. The number of hydrogen-bond acceptors (Lipinski definition) is 7. The molecule has 2 fully saturated rings. The van der Waals surface area contributed by atoms with Gasteiger partial charge in [0.1, 0.15) is 0 Å². The number of anilines is 1. The smallest absolute Gasteiger partial charge is 0.229 e. The van der Waals surface area contributed by atoms with Crippen LogP contribution in [0.2, 0.25) is 0 Å². The van der Waals surface area contributed by atoms with Crippen molar-refractivity contribution < 1.29 is 33.4 Å². The Bertz CT molecular complexity index is 845. The minimum absolute atomic E-state index is 0.0889. The van der Waals surface area contributed by atoms with Crippen LogP contribution in [-0.2, 0) is 19.2 Å². The summed E-state index contributed by atoms with van der Waals surface area (Å²) in [5.41, 5.74) is 0.556. The molecule has 0 aromatic heterocycles. The molecule has 0 aliphatic carbocycles. The van der Waals surface area contributed by atoms with Gasteiger partial charge >= 0.3 is 0 Å². The van der Waals surface area contributed by atoms with Gasteiger partial charge in [-0.2, -0.15) is 0 Å². The zero-order valence-corrected chi connectivity index (χ0v) is 17.9. The molecule has 2 aliphatic heterocycles. The Labute approximate surface area is 180 Å². The third-order valence-corrected chi connectivity index (χ3v) is 5.47. The van der Waals surface area contributed by atoms with Crippen LogP contribution in [0.4, 0.5) is 5.69 Å². The van der Waals surface area contributed by atoms with Gasteiger partial charge in [-0.05, 0) is 6.42 Å². The maximum absolute atomic E-state index is 12.6. The molecule has 168 valence electrons. The molecule has 0 spiro atoms. The molecule has 1 aromatic rings. The quantitative estimate of drug-likeness (QED) is 0.451. The molecule has 0 saturated carbocycles. The lowest BCUT2D eigenvalue weighted by molar-refractivity contribution is -0.138. The molecule has 2 heterocycles. The first kappa shape index (κ1) is 22.4. The Morgan fingerprint density at radius 3 is 2.16 bits per heavy atom. The summed E-state index contributed by atoms with van der Waals surface area (Å²) in [6, 6.07) is 3.34. The molecule has 10 nitrogen and oxygen atoms in total. The second kappa shape index (κ2) is 9.67. The van der Waals surface area contributed by atoms with Crippen molar-refractivity contribution >= 4 is 29.3 Å². The Hall–Kier alpha value is -3.30. The van der Waals surface area contributed by atoms with Gasteiger partial charge in [0.25, 0.3) is 0 Å². The van der Waals surface area contributed by atoms with Crippen LogP contribution < -0.4 is 24.4 Å². The summed E-state index contributed by atoms with van der Waals surface area (Å²) in [6.07, 6.45) is 1.07. The van der Waals surface area contributed by atoms with Gasteiger partial charge in [-0.1, -0.05) is 0 Å². The Morgan fingerprint density at radius 1 is 1.00 bits per heavy atom. The Kier molecular flexibility index (Phi) is 6.98. The highest BCUT2D eigenvalue weighted by molar-refractivity contribution is 6.02. The molecule has 3 rings (SSSR count). The molecular formula is C21H27N3O7. The van der Waals surface area contributed by atoms with E-state index in [9.17, 15) is 19.2 Å². The van der Waals surface area contributed by atoms with Crippen molar-refractivity contribution in [2.75, 3.05) is 45.9 Å². The summed E-state index contributed by atoms with van der Waals surface area (Å²) in [7, 11) is 4.48. The van der Waals surface area contributed by atoms with Crippen LogP contribution in [0, 0.1) is 5.92 Å². The molecule has 0 radical (unpaired) electrons. The van der Waals surface area contributed by atoms with Crippen LogP contribution in [0.25, 0.3) is 0 Å². The third-order valence-electron chi connectivity index (χ3n) is 5.47. The molecule has 1 atom stereocenters. The van der Waals surface area contributed by atoms with Crippen molar-refractivity contribution in [2.45, 2.75) is 25.7 Å². The lowest BCUT2D eigenvalue weighted by atomic mass is 10.1. The van der Waals surface area contributed by atoms with Crippen molar-refractivity contribution in [1.82, 2.24) is 10.2 Å². The number of imide groups is 1. The number of methoxy groups -OCH3 is 3. The standard InChI is InChI=1S/C21H27N3O7/c1-29-15-10-14(11-16(30-2)20(15)31-3)24-12-13(9-19(24)27)21(28)22-7-4-8-23-17(25)5-6-18(23)26/h10-11,13H,4-9,12H2,1-3H3,(H,22,28). The van der Waals surface area contributed by atoms with Crippen molar-refractivity contribution in [3.05, 3.63) is 12.1 Å². The number of nitrogens with zero attached hydrogens (tertiary/aromatic N) is 2. The summed E-state index contributed by atoms with van der Waals surface area (Å²) in [6.45, 7) is 0.844. The van der Waals surface area contributed by atoms with Crippen molar-refractivity contribution in [1.29, 1.82) is 0 Å². The molecular weight excluding hydrogens is 406 g/mol. The fraction of sp³-hybridized carbons (Fsp3) is 0.524. The molecule has 2 saturated heterocycles. The van der Waals surface area contributed by atoms with E-state index in [1.54, 1.807) is 12.1 Å². The van der Waals surface area contributed by atoms with Crippen molar-refractivity contribution in [2.24, 2.45) is 5.92 Å². The molecule has 4 amide bonds. The third kappa shape index (κ3) is 4.73. The van der Waals surface area contributed by atoms with E-state index in [4.69, 9.17) is 14.2 Å². The number of nitrogens with one attached hydrogen (secondary N) is 1. The van der Waals surface area contributed by atoms with E-state index in [0.717, 1.165) is 0 Å². The minimum Gasteiger partial charge on any atom is -0.493 e. The molecule has 31 heavy (non-hydrogen) atoms. The van der Waals surface area contributed by atoms with Gasteiger partial charge in [0.2, 0.25) is 29.4 Å². The summed E-state index contributed by atoms with van der Waals surface area (Å²) >= 11 is 0. The first-order chi connectivity index (χ1) is 14.9. The maximum Gasteiger partial charge on any atom is 0.229 e. The van der Waals surface area contributed by atoms with E-state index in [1.165, 1.54) is 31.1 Å². The van der Waals surface area contributed by atoms with Crippen LogP contribution in [0.3, 0.4) is 0 Å². The normalized spacial score (nSPS) is 18.5. The van der Waals surface area contributed by atoms with Gasteiger partial charge in [-0.25, -0.2) is 0 Å². The van der Waals surface area contributed by atoms with E-state index >= 15 is 0 Å². The lowest BCUT2D eigenvalue weighted by Gasteiger charge is -2.20. The summed E-state index contributed by atoms with van der Waals surface area (Å²) in [5.74, 6) is 0.0147. The molecule has 1 N–H and O–H groups in total. The van der Waals surface area contributed by atoms with Gasteiger partial charge in [0, 0.05) is 51.0 Å². The van der Waals surface area contributed by atoms with Crippen molar-refractivity contribution in [3.63, 3.8) is 0 Å². The van der Waals surface area contributed by atoms with Crippen LogP contribution in [-0.4, -0.2) is 69.5 Å². The van der Waals surface area contributed by atoms with Crippen LogP contribution >= 0.6 is 0 Å². The molecule has 1 unspecified atom stereocenters. The number of rotatable bonds is 9. The number of likely N-dealkylation sites (tertiary alicyclic amines) is 1. The lowest BCUT2D eigenvalue weighted by Crippen LogP contribution is -2.36. The summed E-state index contributed by atoms with van der Waals surface area (Å²) in [5, 5.41) is 2.80. The van der Waals surface area contributed by atoms with E-state index in [0.29, 0.717) is 42.4 Å². The SMILES string of the molecule is COc1cc(N2CC(C(=O)NCCCN3C(=O)CCC3=O)CC2=O)cc(OC)c1OC. The number of hydrogen-bond donors (Lipinski definition) is 1. The zero-order valence-electron chi connectivity index (χ0n) is 17.9. The maximum atomic E-state index is 12.6. The monoisotopic (exact) mass is 433 g/mol. The number of benzene rings is 1. The average molecular weight is 433 g/mol. The van der Waals surface area contributed by atoms with E-state index in [2.05, 4.69) is 5.32 Å². The zero-order chi connectivity index (χ0) is 22.5. The number of carbonyl (C=O) groups excluding carboxylic acids is 4. The van der Waals surface area contributed by atoms with Gasteiger partial charge < -0.3 is 24.4 Å². The topological polar surface area (TPSA) is 114 Å². The van der Waals surface area contributed by atoms with Gasteiger partial charge in [0.05, 0.1) is 32.9 Å². The van der Waals surface area contributed by atoms with Gasteiger partial charge in [0.15, 0.2) is 11.5 Å². The predicted octanol–water partition coefficient (Wildman–Crippen LogP) is 0.721. The van der Waals surface area contributed by atoms with E-state index in [-0.39, 0.29) is 49.4 Å². The number of carbonyl (C=O) groups is 4. The summed E-state index contributed by atoms with van der Waals surface area (Å²) in [4.78, 5) is 51.1. The fourth-order valence-corrected chi connectivity index (χ4v) is 3.82. The average Bonchev–Trinajstić information content (AvgIpc) is 3.32. The highest BCUT2D eigenvalue weighted by Crippen LogP contribution is 2.42. The second-order valence-corrected chi connectivity index (χ2v) is 7.37. The van der Waals surface area contributed by atoms with Crippen LogP contribution in [0.5, 0.6) is 17.2 Å². The van der Waals surface area contributed by atoms with Gasteiger partial charge in [-0.3, -0.25) is 24.1 Å². The molecule has 1 aromatic carbocycles. The van der Waals surface area contributed by atoms with Crippen LogP contribution in [0.15, 0.2) is 12.1 Å². The van der Waals surface area contributed by atoms with Crippen LogP contribution in [0.1, 0.15) is 25.7 Å².